The van der Waals surface area contributed by atoms with Crippen LogP contribution >= 0.6 is 27.7 Å². The molecule has 1 saturated heterocycles. The summed E-state index contributed by atoms with van der Waals surface area (Å²) in [7, 11) is 1.16. The van der Waals surface area contributed by atoms with Crippen LogP contribution in [0.25, 0.3) is 0 Å². The second-order valence-electron chi connectivity index (χ2n) is 5.58. The molecule has 0 saturated carbocycles. The molecule has 28 heavy (non-hydrogen) atoms. The van der Waals surface area contributed by atoms with Gasteiger partial charge in [0.2, 0.25) is 11.5 Å². The lowest BCUT2D eigenvalue weighted by atomic mass is 10.0. The van der Waals surface area contributed by atoms with E-state index in [4.69, 9.17) is 4.74 Å². The number of hydrogen-bond acceptors (Lipinski definition) is 9. The van der Waals surface area contributed by atoms with Gasteiger partial charge in [0.15, 0.2) is 0 Å². The molecule has 0 radical (unpaired) electrons. The van der Waals surface area contributed by atoms with Crippen LogP contribution in [0.4, 0.5) is 0 Å². The number of nitrogens with one attached hydrogen (secondary N) is 1. The SMILES string of the molecule is CO/N=C(/C(=O)CBr)C(=O)N[C@@H]1C(=O)N2C(C(=O)O)=C(COC(C)=O)CS[C@H]12. The lowest BCUT2D eigenvalue weighted by molar-refractivity contribution is -0.150. The van der Waals surface area contributed by atoms with E-state index in [1.54, 1.807) is 0 Å². The summed E-state index contributed by atoms with van der Waals surface area (Å²) in [6.45, 7) is 0.940. The van der Waals surface area contributed by atoms with Crippen LogP contribution in [0.1, 0.15) is 6.92 Å². The summed E-state index contributed by atoms with van der Waals surface area (Å²) in [5.74, 6) is -3.95. The van der Waals surface area contributed by atoms with Crippen LogP contribution < -0.4 is 5.32 Å². The highest BCUT2D eigenvalue weighted by Crippen LogP contribution is 2.40. The first-order valence-corrected chi connectivity index (χ1v) is 9.94. The molecule has 2 aliphatic rings. The Morgan fingerprint density at radius 2 is 2.07 bits per heavy atom. The number of thioether (sulfide) groups is 1. The molecule has 2 N–H and O–H groups in total. The highest BCUT2D eigenvalue weighted by atomic mass is 79.9. The fourth-order valence-electron chi connectivity index (χ4n) is 2.57. The van der Waals surface area contributed by atoms with Crippen molar-refractivity contribution in [2.24, 2.45) is 5.16 Å². The van der Waals surface area contributed by atoms with Crippen LogP contribution in [-0.4, -0.2) is 81.5 Å². The van der Waals surface area contributed by atoms with Crippen molar-refractivity contribution in [1.29, 1.82) is 0 Å². The zero-order valence-electron chi connectivity index (χ0n) is 14.8. The Kier molecular flexibility index (Phi) is 7.18. The van der Waals surface area contributed by atoms with Crippen molar-refractivity contribution in [3.8, 4) is 0 Å². The number of carboxylic acids is 1. The Morgan fingerprint density at radius 3 is 2.61 bits per heavy atom. The van der Waals surface area contributed by atoms with Crippen molar-refractivity contribution in [2.45, 2.75) is 18.3 Å². The Balaban J connectivity index is 2.18. The van der Waals surface area contributed by atoms with Gasteiger partial charge in [0.05, 0.1) is 5.33 Å². The molecule has 0 unspecified atom stereocenters. The number of fused-ring (bicyclic) bond motifs is 1. The average Bonchev–Trinajstić information content (AvgIpc) is 2.66. The molecule has 0 spiro atoms. The van der Waals surface area contributed by atoms with Crippen molar-refractivity contribution < 1.29 is 38.7 Å². The third-order valence-corrected chi connectivity index (χ3v) is 5.62. The molecule has 0 aromatic rings. The number of rotatable bonds is 8. The summed E-state index contributed by atoms with van der Waals surface area (Å²) in [5.41, 5.74) is -0.517. The summed E-state index contributed by atoms with van der Waals surface area (Å²) in [4.78, 5) is 64.6. The van der Waals surface area contributed by atoms with E-state index >= 15 is 0 Å². The van der Waals surface area contributed by atoms with E-state index in [1.807, 2.05) is 0 Å². The number of halogens is 1. The lowest BCUT2D eigenvalue weighted by Gasteiger charge is -2.49. The number of oxime groups is 1. The minimum Gasteiger partial charge on any atom is -0.477 e. The molecule has 0 aliphatic carbocycles. The maximum absolute atomic E-state index is 12.5. The molecule has 11 nitrogen and oxygen atoms in total. The summed E-state index contributed by atoms with van der Waals surface area (Å²) in [6.07, 6.45) is 0. The Hall–Kier alpha value is -2.41. The summed E-state index contributed by atoms with van der Waals surface area (Å²) >= 11 is 4.12. The number of β-lactam (4-membered cyclic amide) rings is 1. The maximum atomic E-state index is 12.5. The molecule has 13 heteroatoms. The Labute approximate surface area is 171 Å². The van der Waals surface area contributed by atoms with Gasteiger partial charge >= 0.3 is 11.9 Å². The van der Waals surface area contributed by atoms with Crippen molar-refractivity contribution in [3.05, 3.63) is 11.3 Å². The topological polar surface area (TPSA) is 152 Å². The number of carbonyl (C=O) groups is 5. The number of alkyl halides is 1. The first-order valence-electron chi connectivity index (χ1n) is 7.77. The van der Waals surface area contributed by atoms with Gasteiger partial charge in [-0.05, 0) is 0 Å². The quantitative estimate of drug-likeness (QED) is 0.115. The zero-order valence-corrected chi connectivity index (χ0v) is 17.2. The van der Waals surface area contributed by atoms with Crippen LogP contribution in [0.5, 0.6) is 0 Å². The van der Waals surface area contributed by atoms with E-state index in [9.17, 15) is 29.1 Å². The predicted molar refractivity (Wildman–Crippen MR) is 99.6 cm³/mol. The first kappa shape index (κ1) is 21.9. The van der Waals surface area contributed by atoms with Crippen LogP contribution in [0.2, 0.25) is 0 Å². The van der Waals surface area contributed by atoms with Gasteiger partial charge in [-0.2, -0.15) is 0 Å². The number of carboxylic acid groups (broad SMARTS) is 1. The second-order valence-corrected chi connectivity index (χ2v) is 7.24. The fourth-order valence-corrected chi connectivity index (χ4v) is 4.16. The predicted octanol–water partition coefficient (Wildman–Crippen LogP) is -0.745. The largest absolute Gasteiger partial charge is 0.477 e. The van der Waals surface area contributed by atoms with Gasteiger partial charge < -0.3 is 20.0 Å². The molecule has 0 aromatic carbocycles. The standard InChI is InChI=1S/C15H16BrN3O8S/c1-6(20)27-4-7-5-28-14-10(13(23)19(14)11(7)15(24)25)17-12(22)9(18-26-2)8(21)3-16/h10,14H,3-5H2,1-2H3,(H,17,22)(H,24,25)/b18-9-/t10-,14-/m1/s1. The van der Waals surface area contributed by atoms with Gasteiger partial charge in [-0.1, -0.05) is 21.1 Å². The van der Waals surface area contributed by atoms with Crippen molar-refractivity contribution in [3.63, 3.8) is 0 Å². The summed E-state index contributed by atoms with van der Waals surface area (Å²) in [5, 5.41) is 14.4. The van der Waals surface area contributed by atoms with Gasteiger partial charge in [-0.25, -0.2) is 4.79 Å². The lowest BCUT2D eigenvalue weighted by Crippen LogP contribution is -2.71. The van der Waals surface area contributed by atoms with Gasteiger partial charge in [-0.3, -0.25) is 24.1 Å². The van der Waals surface area contributed by atoms with Crippen LogP contribution in [0.3, 0.4) is 0 Å². The normalized spacial score (nSPS) is 21.5. The monoisotopic (exact) mass is 477 g/mol. The van der Waals surface area contributed by atoms with Gasteiger partial charge in [0, 0.05) is 18.2 Å². The van der Waals surface area contributed by atoms with E-state index in [-0.39, 0.29) is 29.0 Å². The third-order valence-electron chi connectivity index (χ3n) is 3.77. The van der Waals surface area contributed by atoms with Gasteiger partial charge in [0.1, 0.15) is 30.8 Å². The van der Waals surface area contributed by atoms with Crippen molar-refractivity contribution in [1.82, 2.24) is 10.2 Å². The number of ketones is 1. The van der Waals surface area contributed by atoms with E-state index in [2.05, 4.69) is 31.2 Å². The van der Waals surface area contributed by atoms with E-state index in [0.29, 0.717) is 0 Å². The molecule has 152 valence electrons. The minimum atomic E-state index is -1.35. The van der Waals surface area contributed by atoms with Crippen LogP contribution in [-0.2, 0) is 33.5 Å². The number of amides is 2. The number of ether oxygens (including phenoxy) is 1. The molecule has 2 heterocycles. The molecule has 2 rings (SSSR count). The maximum Gasteiger partial charge on any atom is 0.352 e. The molecule has 2 aliphatic heterocycles. The zero-order chi connectivity index (χ0) is 21.0. The van der Waals surface area contributed by atoms with Crippen molar-refractivity contribution >= 4 is 62.9 Å². The average molecular weight is 478 g/mol. The summed E-state index contributed by atoms with van der Waals surface area (Å²) < 4.78 is 4.84. The number of carbonyl (C=O) groups excluding carboxylic acids is 4. The molecule has 1 fully saturated rings. The molecule has 0 aromatic heterocycles. The minimum absolute atomic E-state index is 0.170. The Bertz CT molecular complexity index is 796. The van der Waals surface area contributed by atoms with Gasteiger partial charge in [0.25, 0.3) is 11.8 Å². The van der Waals surface area contributed by atoms with E-state index < -0.39 is 46.7 Å². The van der Waals surface area contributed by atoms with Crippen LogP contribution in [0.15, 0.2) is 16.4 Å². The number of aliphatic carboxylic acids is 1. The highest BCUT2D eigenvalue weighted by Gasteiger charge is 2.54. The molecular weight excluding hydrogens is 462 g/mol. The number of esters is 1. The van der Waals surface area contributed by atoms with E-state index in [1.165, 1.54) is 18.7 Å². The van der Waals surface area contributed by atoms with Gasteiger partial charge in [-0.15, -0.1) is 11.8 Å². The van der Waals surface area contributed by atoms with Crippen molar-refractivity contribution in [2.75, 3.05) is 24.8 Å². The smallest absolute Gasteiger partial charge is 0.352 e. The second kappa shape index (κ2) is 9.19. The number of nitrogens with zero attached hydrogens (tertiary/aromatic N) is 2. The summed E-state index contributed by atoms with van der Waals surface area (Å²) in [6, 6.07) is -1.03. The number of Topliss-reactive ketones (excluding diaryl/α,β-unsaturated/α-hetero) is 1. The molecule has 0 bridgehead atoms. The fraction of sp³-hybridized carbons (Fsp3) is 0.467. The Morgan fingerprint density at radius 1 is 1.39 bits per heavy atom. The van der Waals surface area contributed by atoms with E-state index in [0.717, 1.165) is 12.0 Å². The first-order chi connectivity index (χ1) is 13.2. The number of hydrogen-bond donors (Lipinski definition) is 2. The third kappa shape index (κ3) is 4.35. The molecular formula is C15H16BrN3O8S. The molecule has 2 atom stereocenters. The highest BCUT2D eigenvalue weighted by molar-refractivity contribution is 9.09. The molecule has 2 amide bonds. The van der Waals surface area contributed by atoms with Crippen LogP contribution in [0, 0.1) is 0 Å².